The van der Waals surface area contributed by atoms with Crippen molar-refractivity contribution in [1.82, 2.24) is 5.32 Å². The van der Waals surface area contributed by atoms with Crippen molar-refractivity contribution in [2.45, 2.75) is 11.7 Å². The van der Waals surface area contributed by atoms with Gasteiger partial charge in [0.1, 0.15) is 5.25 Å². The van der Waals surface area contributed by atoms with Crippen molar-refractivity contribution in [1.29, 1.82) is 0 Å². The number of amides is 3. The normalized spacial score (nSPS) is 17.5. The molecule has 2 N–H and O–H groups in total. The number of nitrogens with one attached hydrogen (secondary N) is 1. The second-order valence-corrected chi connectivity index (χ2v) is 5.54. The van der Waals surface area contributed by atoms with Crippen molar-refractivity contribution in [3.8, 4) is 0 Å². The number of hydrogen-bond acceptors (Lipinski definition) is 5. The second-order valence-electron chi connectivity index (χ2n) is 4.36. The van der Waals surface area contributed by atoms with E-state index in [0.29, 0.717) is 0 Å². The van der Waals surface area contributed by atoms with Crippen LogP contribution in [0.15, 0.2) is 24.3 Å². The Kier molecular flexibility index (Phi) is 4.27. The van der Waals surface area contributed by atoms with Crippen LogP contribution in [-0.4, -0.2) is 40.4 Å². The molecule has 1 aromatic carbocycles. The molecule has 110 valence electrons. The number of nitrogens with zero attached hydrogens (tertiary/aromatic N) is 1. The lowest BCUT2D eigenvalue weighted by molar-refractivity contribution is -0.123. The average molecular weight is 308 g/mol. The van der Waals surface area contributed by atoms with Gasteiger partial charge in [-0.15, -0.1) is 0 Å². The maximum atomic E-state index is 12.2. The van der Waals surface area contributed by atoms with Crippen molar-refractivity contribution in [3.05, 3.63) is 29.8 Å². The van der Waals surface area contributed by atoms with Gasteiger partial charge in [-0.05, 0) is 12.1 Å². The van der Waals surface area contributed by atoms with Gasteiger partial charge in [-0.25, -0.2) is 4.79 Å². The van der Waals surface area contributed by atoms with Gasteiger partial charge in [0.25, 0.3) is 5.24 Å². The molecule has 1 aliphatic rings. The fourth-order valence-corrected chi connectivity index (χ4v) is 2.71. The molecule has 1 aliphatic heterocycles. The summed E-state index contributed by atoms with van der Waals surface area (Å²) in [6, 6.07) is 6.08. The summed E-state index contributed by atoms with van der Waals surface area (Å²) in [5, 5.41) is 9.95. The Morgan fingerprint density at radius 2 is 2.00 bits per heavy atom. The van der Waals surface area contributed by atoms with Crippen LogP contribution >= 0.6 is 11.8 Å². The highest BCUT2D eigenvalue weighted by Gasteiger charge is 2.34. The molecule has 2 rings (SSSR count). The molecule has 0 radical (unpaired) electrons. The number of imide groups is 1. The first-order valence-corrected chi connectivity index (χ1v) is 6.88. The number of carbonyl (C=O) groups excluding carboxylic acids is 3. The summed E-state index contributed by atoms with van der Waals surface area (Å²) in [5.41, 5.74) is 0.234. The van der Waals surface area contributed by atoms with E-state index in [0.717, 1.165) is 11.8 Å². The summed E-state index contributed by atoms with van der Waals surface area (Å²) in [6.07, 6.45) is -0.174. The monoisotopic (exact) mass is 308 g/mol. The molecule has 0 aromatic heterocycles. The molecule has 1 heterocycles. The zero-order valence-electron chi connectivity index (χ0n) is 11.0. The van der Waals surface area contributed by atoms with E-state index in [4.69, 9.17) is 5.11 Å². The fraction of sp³-hybridized carbons (Fsp3) is 0.231. The van der Waals surface area contributed by atoms with Gasteiger partial charge in [-0.3, -0.25) is 19.7 Å². The predicted molar refractivity (Wildman–Crippen MR) is 76.3 cm³/mol. The Morgan fingerprint density at radius 1 is 1.33 bits per heavy atom. The number of hydrogen-bond donors (Lipinski definition) is 2. The van der Waals surface area contributed by atoms with Crippen LogP contribution in [0.25, 0.3) is 0 Å². The molecule has 0 aliphatic carbocycles. The summed E-state index contributed by atoms with van der Waals surface area (Å²) in [4.78, 5) is 47.0. The van der Waals surface area contributed by atoms with E-state index in [-0.39, 0.29) is 17.7 Å². The Hall–Kier alpha value is -2.35. The maximum absolute atomic E-state index is 12.2. The van der Waals surface area contributed by atoms with Gasteiger partial charge in [0.15, 0.2) is 0 Å². The SMILES string of the molecule is CN(C(=O)CC1SC(=O)NC1=O)c1ccccc1C(=O)O. The van der Waals surface area contributed by atoms with E-state index in [9.17, 15) is 19.2 Å². The van der Waals surface area contributed by atoms with Gasteiger partial charge in [0.05, 0.1) is 11.3 Å². The van der Waals surface area contributed by atoms with E-state index < -0.39 is 28.3 Å². The van der Waals surface area contributed by atoms with E-state index in [1.165, 1.54) is 24.1 Å². The summed E-state index contributed by atoms with van der Waals surface area (Å²) >= 11 is 0.762. The minimum Gasteiger partial charge on any atom is -0.478 e. The Labute approximate surface area is 124 Å². The zero-order valence-corrected chi connectivity index (χ0v) is 11.8. The molecule has 1 saturated heterocycles. The lowest BCUT2D eigenvalue weighted by Gasteiger charge is -2.20. The van der Waals surface area contributed by atoms with Crippen LogP contribution in [0.4, 0.5) is 10.5 Å². The van der Waals surface area contributed by atoms with Gasteiger partial charge >= 0.3 is 5.97 Å². The maximum Gasteiger partial charge on any atom is 0.337 e. The highest BCUT2D eigenvalue weighted by molar-refractivity contribution is 8.15. The van der Waals surface area contributed by atoms with Gasteiger partial charge in [-0.2, -0.15) is 0 Å². The van der Waals surface area contributed by atoms with Crippen LogP contribution < -0.4 is 10.2 Å². The van der Waals surface area contributed by atoms with E-state index in [1.807, 2.05) is 0 Å². The Bertz CT molecular complexity index is 631. The van der Waals surface area contributed by atoms with E-state index in [2.05, 4.69) is 5.32 Å². The van der Waals surface area contributed by atoms with Crippen molar-refractivity contribution >= 4 is 40.5 Å². The molecule has 1 aromatic rings. The van der Waals surface area contributed by atoms with Crippen LogP contribution in [0.2, 0.25) is 0 Å². The van der Waals surface area contributed by atoms with Crippen molar-refractivity contribution < 1.29 is 24.3 Å². The zero-order chi connectivity index (χ0) is 15.6. The van der Waals surface area contributed by atoms with Gasteiger partial charge in [0.2, 0.25) is 11.8 Å². The van der Waals surface area contributed by atoms with Crippen LogP contribution in [0.5, 0.6) is 0 Å². The van der Waals surface area contributed by atoms with Crippen LogP contribution in [-0.2, 0) is 9.59 Å². The fourth-order valence-electron chi connectivity index (χ4n) is 1.90. The smallest absolute Gasteiger partial charge is 0.337 e. The van der Waals surface area contributed by atoms with Crippen LogP contribution in [0.3, 0.4) is 0 Å². The summed E-state index contributed by atoms with van der Waals surface area (Å²) in [5.74, 6) is -2.09. The topological polar surface area (TPSA) is 104 Å². The Balaban J connectivity index is 2.15. The quantitative estimate of drug-likeness (QED) is 0.863. The molecule has 0 spiro atoms. The van der Waals surface area contributed by atoms with E-state index >= 15 is 0 Å². The molecule has 3 amide bonds. The third-order valence-electron chi connectivity index (χ3n) is 3.00. The third-order valence-corrected chi connectivity index (χ3v) is 3.98. The largest absolute Gasteiger partial charge is 0.478 e. The van der Waals surface area contributed by atoms with E-state index in [1.54, 1.807) is 12.1 Å². The molecule has 1 fully saturated rings. The molecule has 8 heteroatoms. The average Bonchev–Trinajstić information content (AvgIpc) is 2.75. The summed E-state index contributed by atoms with van der Waals surface area (Å²) in [6.45, 7) is 0. The highest BCUT2D eigenvalue weighted by atomic mass is 32.2. The van der Waals surface area contributed by atoms with Crippen molar-refractivity contribution in [2.75, 3.05) is 11.9 Å². The number of thioether (sulfide) groups is 1. The van der Waals surface area contributed by atoms with Gasteiger partial charge < -0.3 is 10.0 Å². The van der Waals surface area contributed by atoms with Crippen molar-refractivity contribution in [3.63, 3.8) is 0 Å². The molecule has 1 unspecified atom stereocenters. The number of anilines is 1. The standard InChI is InChI=1S/C13H12N2O5S/c1-15(8-5-3-2-4-7(8)12(18)19)10(16)6-9-11(17)14-13(20)21-9/h2-5,9H,6H2,1H3,(H,18,19)(H,14,17,20). The number of carboxylic acids is 1. The summed E-state index contributed by atoms with van der Waals surface area (Å²) in [7, 11) is 1.43. The van der Waals surface area contributed by atoms with Crippen LogP contribution in [0.1, 0.15) is 16.8 Å². The van der Waals surface area contributed by atoms with Gasteiger partial charge in [-0.1, -0.05) is 23.9 Å². The number of aromatic carboxylic acids is 1. The molecular formula is C13H12N2O5S. The first-order chi connectivity index (χ1) is 9.90. The summed E-state index contributed by atoms with van der Waals surface area (Å²) < 4.78 is 0. The van der Waals surface area contributed by atoms with Gasteiger partial charge in [0, 0.05) is 13.5 Å². The number of para-hydroxylation sites is 1. The van der Waals surface area contributed by atoms with Crippen LogP contribution in [0, 0.1) is 0 Å². The minimum atomic E-state index is -1.14. The number of rotatable bonds is 4. The second kappa shape index (κ2) is 5.96. The number of carbonyl (C=O) groups is 4. The first kappa shape index (κ1) is 15.0. The third kappa shape index (κ3) is 3.22. The molecule has 1 atom stereocenters. The molecular weight excluding hydrogens is 296 g/mol. The molecule has 7 nitrogen and oxygen atoms in total. The minimum absolute atomic E-state index is 0.00653. The molecule has 0 saturated carbocycles. The lowest BCUT2D eigenvalue weighted by atomic mass is 10.1. The predicted octanol–water partition coefficient (Wildman–Crippen LogP) is 1.09. The molecule has 0 bridgehead atoms. The molecule has 21 heavy (non-hydrogen) atoms. The highest BCUT2D eigenvalue weighted by Crippen LogP contribution is 2.25. The number of benzene rings is 1. The number of carboxylic acid groups (broad SMARTS) is 1. The van der Waals surface area contributed by atoms with Crippen molar-refractivity contribution in [2.24, 2.45) is 0 Å². The lowest BCUT2D eigenvalue weighted by Crippen LogP contribution is -2.33. The Morgan fingerprint density at radius 3 is 2.57 bits per heavy atom. The first-order valence-electron chi connectivity index (χ1n) is 6.00.